The summed E-state index contributed by atoms with van der Waals surface area (Å²) in [6.45, 7) is 4.98. The first-order chi connectivity index (χ1) is 7.08. The summed E-state index contributed by atoms with van der Waals surface area (Å²) >= 11 is 0. The molecule has 1 rings (SSSR count). The van der Waals surface area contributed by atoms with Gasteiger partial charge in [0, 0.05) is 32.1 Å². The Balaban J connectivity index is 0.00000225. The van der Waals surface area contributed by atoms with Crippen LogP contribution in [0.3, 0.4) is 0 Å². The number of nitrogens with two attached hydrogens (primary N) is 1. The number of rotatable bonds is 4. The van der Waals surface area contributed by atoms with E-state index < -0.39 is 0 Å². The second kappa shape index (κ2) is 7.84. The summed E-state index contributed by atoms with van der Waals surface area (Å²) in [5.74, 6) is 0.00169. The van der Waals surface area contributed by atoms with E-state index in [4.69, 9.17) is 10.5 Å². The third-order valence-electron chi connectivity index (χ3n) is 2.38. The summed E-state index contributed by atoms with van der Waals surface area (Å²) in [6, 6.07) is -0.0834. The second-order valence-electron chi connectivity index (χ2n) is 4.24. The normalized spacial score (nSPS) is 23.3. The highest BCUT2D eigenvalue weighted by Gasteiger charge is 2.18. The number of hydrogen-bond acceptors (Lipinski definition) is 4. The number of likely N-dealkylation sites (N-methyl/N-ethyl adjacent to an activating group) is 1. The van der Waals surface area contributed by atoms with Crippen molar-refractivity contribution in [3.63, 3.8) is 0 Å². The number of ether oxygens (including phenoxy) is 1. The minimum Gasteiger partial charge on any atom is -0.374 e. The zero-order chi connectivity index (χ0) is 11.3. The zero-order valence-corrected chi connectivity index (χ0v) is 10.8. The van der Waals surface area contributed by atoms with Gasteiger partial charge in [-0.3, -0.25) is 4.79 Å². The van der Waals surface area contributed by atoms with Crippen molar-refractivity contribution < 1.29 is 9.53 Å². The van der Waals surface area contributed by atoms with Crippen molar-refractivity contribution in [3.8, 4) is 0 Å². The molecule has 1 amide bonds. The van der Waals surface area contributed by atoms with Crippen molar-refractivity contribution in [2.24, 2.45) is 5.73 Å². The molecule has 0 aromatic carbocycles. The molecule has 1 heterocycles. The van der Waals surface area contributed by atoms with Crippen LogP contribution in [-0.2, 0) is 9.53 Å². The lowest BCUT2D eigenvalue weighted by molar-refractivity contribution is -0.122. The average Bonchev–Trinajstić information content (AvgIpc) is 2.14. The largest absolute Gasteiger partial charge is 0.374 e. The maximum atomic E-state index is 11.3. The Morgan fingerprint density at radius 1 is 1.69 bits per heavy atom. The average molecular weight is 252 g/mol. The van der Waals surface area contributed by atoms with E-state index in [-0.39, 0.29) is 30.5 Å². The molecule has 6 heteroatoms. The lowest BCUT2D eigenvalue weighted by atomic mass is 10.2. The number of nitrogens with zero attached hydrogens (tertiary/aromatic N) is 1. The van der Waals surface area contributed by atoms with Crippen LogP contribution >= 0.6 is 12.4 Å². The predicted molar refractivity (Wildman–Crippen MR) is 65.8 cm³/mol. The Morgan fingerprint density at radius 2 is 2.38 bits per heavy atom. The molecule has 1 fully saturated rings. The summed E-state index contributed by atoms with van der Waals surface area (Å²) in [4.78, 5) is 13.5. The fourth-order valence-corrected chi connectivity index (χ4v) is 1.58. The first kappa shape index (κ1) is 15.6. The molecule has 0 bridgehead atoms. The second-order valence-corrected chi connectivity index (χ2v) is 4.24. The summed E-state index contributed by atoms with van der Waals surface area (Å²) in [5, 5.41) is 2.83. The van der Waals surface area contributed by atoms with Gasteiger partial charge in [0.15, 0.2) is 0 Å². The molecule has 2 unspecified atom stereocenters. The Hall–Kier alpha value is -0.360. The van der Waals surface area contributed by atoms with E-state index in [0.717, 1.165) is 19.7 Å². The number of morpholine rings is 1. The molecule has 0 aromatic rings. The van der Waals surface area contributed by atoms with E-state index >= 15 is 0 Å². The molecule has 0 spiro atoms. The van der Waals surface area contributed by atoms with Crippen molar-refractivity contribution >= 4 is 18.3 Å². The highest BCUT2D eigenvalue weighted by Crippen LogP contribution is 2.01. The van der Waals surface area contributed by atoms with Gasteiger partial charge < -0.3 is 20.7 Å². The number of carbonyl (C=O) groups excluding carboxylic acids is 1. The van der Waals surface area contributed by atoms with Crippen molar-refractivity contribution in [2.45, 2.75) is 25.5 Å². The Labute approximate surface area is 103 Å². The Bertz CT molecular complexity index is 214. The third-order valence-corrected chi connectivity index (χ3v) is 2.38. The summed E-state index contributed by atoms with van der Waals surface area (Å²) < 4.78 is 5.52. The molecule has 0 aliphatic carbocycles. The maximum Gasteiger partial charge on any atom is 0.221 e. The minimum absolute atomic E-state index is 0. The van der Waals surface area contributed by atoms with Gasteiger partial charge in [-0.15, -0.1) is 12.4 Å². The molecular formula is C10H22ClN3O2. The molecule has 0 saturated carbocycles. The number of nitrogens with one attached hydrogen (secondary N) is 1. The molecule has 16 heavy (non-hydrogen) atoms. The predicted octanol–water partition coefficient (Wildman–Crippen LogP) is -0.408. The Morgan fingerprint density at radius 3 is 2.94 bits per heavy atom. The van der Waals surface area contributed by atoms with E-state index in [0.29, 0.717) is 13.0 Å². The van der Waals surface area contributed by atoms with Crippen LogP contribution < -0.4 is 11.1 Å². The van der Waals surface area contributed by atoms with E-state index in [2.05, 4.69) is 17.3 Å². The third kappa shape index (κ3) is 6.27. The van der Waals surface area contributed by atoms with E-state index in [1.807, 2.05) is 6.92 Å². The van der Waals surface area contributed by atoms with Gasteiger partial charge in [0.2, 0.25) is 5.91 Å². The summed E-state index contributed by atoms with van der Waals surface area (Å²) in [7, 11) is 2.05. The molecule has 0 radical (unpaired) electrons. The first-order valence-corrected chi connectivity index (χ1v) is 5.40. The highest BCUT2D eigenvalue weighted by molar-refractivity contribution is 5.85. The SMILES string of the molecule is CC(N)CC(=O)NCC1CN(C)CCO1.Cl. The van der Waals surface area contributed by atoms with Crippen LogP contribution in [0.25, 0.3) is 0 Å². The zero-order valence-electron chi connectivity index (χ0n) is 9.94. The van der Waals surface area contributed by atoms with E-state index in [1.54, 1.807) is 0 Å². The lowest BCUT2D eigenvalue weighted by Crippen LogP contribution is -2.46. The first-order valence-electron chi connectivity index (χ1n) is 5.40. The van der Waals surface area contributed by atoms with E-state index in [1.165, 1.54) is 0 Å². The van der Waals surface area contributed by atoms with Crippen LogP contribution in [0.2, 0.25) is 0 Å². The van der Waals surface area contributed by atoms with Gasteiger partial charge in [0.05, 0.1) is 12.7 Å². The maximum absolute atomic E-state index is 11.3. The van der Waals surface area contributed by atoms with Crippen LogP contribution in [0.15, 0.2) is 0 Å². The smallest absolute Gasteiger partial charge is 0.221 e. The number of hydrogen-bond donors (Lipinski definition) is 2. The van der Waals surface area contributed by atoms with Crippen LogP contribution in [-0.4, -0.2) is 56.2 Å². The van der Waals surface area contributed by atoms with Gasteiger partial charge in [-0.25, -0.2) is 0 Å². The van der Waals surface area contributed by atoms with Crippen molar-refractivity contribution in [3.05, 3.63) is 0 Å². The summed E-state index contributed by atoms with van der Waals surface area (Å²) in [6.07, 6.45) is 0.489. The van der Waals surface area contributed by atoms with E-state index in [9.17, 15) is 4.79 Å². The van der Waals surface area contributed by atoms with Crippen LogP contribution in [0, 0.1) is 0 Å². The van der Waals surface area contributed by atoms with Gasteiger partial charge >= 0.3 is 0 Å². The highest BCUT2D eigenvalue weighted by atomic mass is 35.5. The number of amides is 1. The molecule has 3 N–H and O–H groups in total. The number of carbonyl (C=O) groups is 1. The van der Waals surface area contributed by atoms with Gasteiger partial charge in [0.1, 0.15) is 0 Å². The molecule has 2 atom stereocenters. The minimum atomic E-state index is -0.0834. The van der Waals surface area contributed by atoms with Gasteiger partial charge in [-0.2, -0.15) is 0 Å². The molecule has 0 aromatic heterocycles. The molecule has 1 aliphatic rings. The number of halogens is 1. The monoisotopic (exact) mass is 251 g/mol. The van der Waals surface area contributed by atoms with Crippen molar-refractivity contribution in [1.29, 1.82) is 0 Å². The summed E-state index contributed by atoms with van der Waals surface area (Å²) in [5.41, 5.74) is 5.52. The fraction of sp³-hybridized carbons (Fsp3) is 0.900. The topological polar surface area (TPSA) is 67.6 Å². The molecule has 1 saturated heterocycles. The fourth-order valence-electron chi connectivity index (χ4n) is 1.58. The molecule has 5 nitrogen and oxygen atoms in total. The van der Waals surface area contributed by atoms with Crippen LogP contribution in [0.5, 0.6) is 0 Å². The van der Waals surface area contributed by atoms with Crippen molar-refractivity contribution in [2.75, 3.05) is 33.3 Å². The van der Waals surface area contributed by atoms with Crippen LogP contribution in [0.4, 0.5) is 0 Å². The Kier molecular flexibility index (Phi) is 7.66. The molecular weight excluding hydrogens is 230 g/mol. The van der Waals surface area contributed by atoms with Gasteiger partial charge in [0.25, 0.3) is 0 Å². The van der Waals surface area contributed by atoms with Gasteiger partial charge in [-0.1, -0.05) is 0 Å². The lowest BCUT2D eigenvalue weighted by Gasteiger charge is -2.30. The van der Waals surface area contributed by atoms with Gasteiger partial charge in [-0.05, 0) is 14.0 Å². The quantitative estimate of drug-likeness (QED) is 0.713. The molecule has 1 aliphatic heterocycles. The standard InChI is InChI=1S/C10H21N3O2.ClH/c1-8(11)5-10(14)12-6-9-7-13(2)3-4-15-9;/h8-9H,3-7,11H2,1-2H3,(H,12,14);1H. The molecule has 96 valence electrons. The van der Waals surface area contributed by atoms with Crippen molar-refractivity contribution in [1.82, 2.24) is 10.2 Å². The van der Waals surface area contributed by atoms with Crippen LogP contribution in [0.1, 0.15) is 13.3 Å².